The smallest absolute Gasteiger partial charge is 0.319 e. The zero-order chi connectivity index (χ0) is 14.4. The van der Waals surface area contributed by atoms with Crippen molar-refractivity contribution in [1.29, 1.82) is 0 Å². The van der Waals surface area contributed by atoms with Crippen LogP contribution in [0.5, 0.6) is 0 Å². The highest BCUT2D eigenvalue weighted by molar-refractivity contribution is 5.89. The summed E-state index contributed by atoms with van der Waals surface area (Å²) in [5.41, 5.74) is 5.48. The maximum absolute atomic E-state index is 13.3. The van der Waals surface area contributed by atoms with Crippen molar-refractivity contribution in [2.45, 2.75) is 26.3 Å². The van der Waals surface area contributed by atoms with Crippen LogP contribution in [-0.2, 0) is 0 Å². The van der Waals surface area contributed by atoms with Gasteiger partial charge in [-0.05, 0) is 24.5 Å². The first-order valence-corrected chi connectivity index (χ1v) is 6.15. The average molecular weight is 271 g/mol. The monoisotopic (exact) mass is 271 g/mol. The van der Waals surface area contributed by atoms with Gasteiger partial charge in [0.25, 0.3) is 0 Å². The molecule has 0 aliphatic carbocycles. The number of benzene rings is 1. The number of urea groups is 1. The van der Waals surface area contributed by atoms with Gasteiger partial charge in [0, 0.05) is 18.7 Å². The number of nitrogens with one attached hydrogen (secondary N) is 2. The van der Waals surface area contributed by atoms with Gasteiger partial charge in [0.1, 0.15) is 11.6 Å². The lowest BCUT2D eigenvalue weighted by atomic mass is 10.0. The Morgan fingerprint density at radius 1 is 1.37 bits per heavy atom. The third-order valence-electron chi connectivity index (χ3n) is 2.55. The van der Waals surface area contributed by atoms with E-state index in [4.69, 9.17) is 5.73 Å². The molecule has 6 heteroatoms. The van der Waals surface area contributed by atoms with Crippen molar-refractivity contribution in [2.24, 2.45) is 11.7 Å². The molecular formula is C13H19F2N3O. The number of rotatable bonds is 5. The Balaban J connectivity index is 2.59. The van der Waals surface area contributed by atoms with E-state index in [0.717, 1.165) is 12.5 Å². The minimum atomic E-state index is -0.816. The molecule has 1 unspecified atom stereocenters. The minimum Gasteiger partial charge on any atom is -0.334 e. The van der Waals surface area contributed by atoms with E-state index in [0.29, 0.717) is 18.5 Å². The summed E-state index contributed by atoms with van der Waals surface area (Å²) in [6.07, 6.45) is 0.732. The lowest BCUT2D eigenvalue weighted by Gasteiger charge is -2.19. The number of carbonyl (C=O) groups excluding carboxylic acids is 1. The lowest BCUT2D eigenvalue weighted by molar-refractivity contribution is 0.246. The molecule has 0 aliphatic rings. The van der Waals surface area contributed by atoms with E-state index in [1.165, 1.54) is 6.07 Å². The van der Waals surface area contributed by atoms with Gasteiger partial charge in [-0.15, -0.1) is 0 Å². The van der Waals surface area contributed by atoms with Crippen molar-refractivity contribution in [3.05, 3.63) is 29.8 Å². The second-order valence-electron chi connectivity index (χ2n) is 4.78. The van der Waals surface area contributed by atoms with Crippen molar-refractivity contribution in [2.75, 3.05) is 11.9 Å². The Morgan fingerprint density at radius 2 is 2.05 bits per heavy atom. The maximum atomic E-state index is 13.3. The van der Waals surface area contributed by atoms with E-state index in [2.05, 4.69) is 10.6 Å². The zero-order valence-electron chi connectivity index (χ0n) is 11.0. The van der Waals surface area contributed by atoms with Gasteiger partial charge in [-0.2, -0.15) is 0 Å². The minimum absolute atomic E-state index is 0.0702. The van der Waals surface area contributed by atoms with Crippen LogP contribution in [0.1, 0.15) is 20.3 Å². The largest absolute Gasteiger partial charge is 0.334 e. The first kappa shape index (κ1) is 15.4. The molecule has 1 aromatic carbocycles. The molecule has 0 radical (unpaired) electrons. The molecule has 4 nitrogen and oxygen atoms in total. The SMILES string of the molecule is CC(C)CC(CN)NC(=O)Nc1ccc(F)cc1F. The molecular weight excluding hydrogens is 252 g/mol. The summed E-state index contributed by atoms with van der Waals surface area (Å²) < 4.78 is 26.0. The standard InChI is InChI=1S/C13H19F2N3O/c1-8(2)5-10(7-16)17-13(19)18-12-4-3-9(14)6-11(12)15/h3-4,6,8,10H,5,7,16H2,1-2H3,(H2,17,18,19). The summed E-state index contributed by atoms with van der Waals surface area (Å²) in [5.74, 6) is -1.12. The molecule has 0 fully saturated rings. The fourth-order valence-corrected chi connectivity index (χ4v) is 1.72. The molecule has 1 rings (SSSR count). The normalized spacial score (nSPS) is 12.3. The van der Waals surface area contributed by atoms with Crippen LogP contribution in [0.3, 0.4) is 0 Å². The van der Waals surface area contributed by atoms with E-state index in [-0.39, 0.29) is 11.7 Å². The number of nitrogens with two attached hydrogens (primary N) is 1. The summed E-state index contributed by atoms with van der Waals surface area (Å²) in [6, 6.07) is 2.23. The van der Waals surface area contributed by atoms with E-state index < -0.39 is 17.7 Å². The molecule has 2 amide bonds. The molecule has 0 bridgehead atoms. The van der Waals surface area contributed by atoms with E-state index in [1.807, 2.05) is 13.8 Å². The Morgan fingerprint density at radius 3 is 2.58 bits per heavy atom. The molecule has 0 heterocycles. The molecule has 4 N–H and O–H groups in total. The van der Waals surface area contributed by atoms with Crippen LogP contribution in [0.2, 0.25) is 0 Å². The van der Waals surface area contributed by atoms with Crippen LogP contribution in [0.4, 0.5) is 19.3 Å². The number of amides is 2. The Bertz CT molecular complexity index is 438. The van der Waals surface area contributed by atoms with Gasteiger partial charge in [0.2, 0.25) is 0 Å². The van der Waals surface area contributed by atoms with Gasteiger partial charge in [0.15, 0.2) is 0 Å². The summed E-state index contributed by atoms with van der Waals surface area (Å²) in [5, 5.41) is 4.98. The van der Waals surface area contributed by atoms with Crippen molar-refractivity contribution in [1.82, 2.24) is 5.32 Å². The fourth-order valence-electron chi connectivity index (χ4n) is 1.72. The summed E-state index contributed by atoms with van der Waals surface area (Å²) in [6.45, 7) is 4.33. The molecule has 0 saturated heterocycles. The van der Waals surface area contributed by atoms with Gasteiger partial charge in [-0.3, -0.25) is 0 Å². The van der Waals surface area contributed by atoms with Gasteiger partial charge in [0.05, 0.1) is 5.69 Å². The highest BCUT2D eigenvalue weighted by atomic mass is 19.1. The topological polar surface area (TPSA) is 67.1 Å². The maximum Gasteiger partial charge on any atom is 0.319 e. The molecule has 0 saturated carbocycles. The van der Waals surface area contributed by atoms with Crippen molar-refractivity contribution < 1.29 is 13.6 Å². The average Bonchev–Trinajstić information content (AvgIpc) is 2.31. The van der Waals surface area contributed by atoms with Crippen LogP contribution < -0.4 is 16.4 Å². The van der Waals surface area contributed by atoms with Crippen molar-refractivity contribution in [3.63, 3.8) is 0 Å². The predicted molar refractivity (Wildman–Crippen MR) is 70.8 cm³/mol. The quantitative estimate of drug-likeness (QED) is 0.770. The van der Waals surface area contributed by atoms with Crippen LogP contribution in [0.15, 0.2) is 18.2 Å². The Kier molecular flexibility index (Phi) is 5.69. The molecule has 106 valence electrons. The van der Waals surface area contributed by atoms with Crippen molar-refractivity contribution in [3.8, 4) is 0 Å². The highest BCUT2D eigenvalue weighted by Gasteiger charge is 2.13. The fraction of sp³-hybridized carbons (Fsp3) is 0.462. The van der Waals surface area contributed by atoms with Crippen LogP contribution in [0.25, 0.3) is 0 Å². The molecule has 0 aliphatic heterocycles. The van der Waals surface area contributed by atoms with Crippen LogP contribution >= 0.6 is 0 Å². The second-order valence-corrected chi connectivity index (χ2v) is 4.78. The number of anilines is 1. The molecule has 1 aromatic rings. The molecule has 1 atom stereocenters. The van der Waals surface area contributed by atoms with E-state index >= 15 is 0 Å². The third kappa shape index (κ3) is 5.21. The Labute approximate surface area is 111 Å². The van der Waals surface area contributed by atoms with E-state index in [1.54, 1.807) is 0 Å². The molecule has 19 heavy (non-hydrogen) atoms. The summed E-state index contributed by atoms with van der Waals surface area (Å²) in [4.78, 5) is 11.7. The van der Waals surface area contributed by atoms with Crippen LogP contribution in [0, 0.1) is 17.6 Å². The summed E-state index contributed by atoms with van der Waals surface area (Å²) >= 11 is 0. The summed E-state index contributed by atoms with van der Waals surface area (Å²) in [7, 11) is 0. The van der Waals surface area contributed by atoms with Crippen molar-refractivity contribution >= 4 is 11.7 Å². The third-order valence-corrected chi connectivity index (χ3v) is 2.55. The van der Waals surface area contributed by atoms with E-state index in [9.17, 15) is 13.6 Å². The first-order valence-electron chi connectivity index (χ1n) is 6.15. The highest BCUT2D eigenvalue weighted by Crippen LogP contribution is 2.14. The first-order chi connectivity index (χ1) is 8.92. The van der Waals surface area contributed by atoms with Gasteiger partial charge in [-0.1, -0.05) is 13.8 Å². The van der Waals surface area contributed by atoms with Gasteiger partial charge in [-0.25, -0.2) is 13.6 Å². The second kappa shape index (κ2) is 7.04. The molecule has 0 aromatic heterocycles. The van der Waals surface area contributed by atoms with Gasteiger partial charge >= 0.3 is 6.03 Å². The number of halogens is 2. The number of hydrogen-bond donors (Lipinski definition) is 3. The lowest BCUT2D eigenvalue weighted by Crippen LogP contribution is -2.43. The number of hydrogen-bond acceptors (Lipinski definition) is 2. The number of carbonyl (C=O) groups is 1. The predicted octanol–water partition coefficient (Wildman–Crippen LogP) is 2.46. The Hall–Kier alpha value is -1.69. The zero-order valence-corrected chi connectivity index (χ0v) is 11.0. The van der Waals surface area contributed by atoms with Gasteiger partial charge < -0.3 is 16.4 Å². The van der Waals surface area contributed by atoms with Crippen LogP contribution in [-0.4, -0.2) is 18.6 Å². The molecule has 0 spiro atoms.